The summed E-state index contributed by atoms with van der Waals surface area (Å²) < 4.78 is 0. The highest BCUT2D eigenvalue weighted by molar-refractivity contribution is 5.95. The van der Waals surface area contributed by atoms with E-state index in [9.17, 15) is 9.59 Å². The van der Waals surface area contributed by atoms with Crippen molar-refractivity contribution in [2.24, 2.45) is 0 Å². The van der Waals surface area contributed by atoms with Gasteiger partial charge in [-0.15, -0.1) is 0 Å². The van der Waals surface area contributed by atoms with E-state index in [1.54, 1.807) is 54.8 Å². The molecular formula is C22H22N4O2. The van der Waals surface area contributed by atoms with Crippen LogP contribution < -0.4 is 5.32 Å². The van der Waals surface area contributed by atoms with Crippen LogP contribution in [0, 0.1) is 0 Å². The van der Waals surface area contributed by atoms with Crippen molar-refractivity contribution in [2.75, 3.05) is 18.9 Å². The number of anilines is 2. The van der Waals surface area contributed by atoms with E-state index in [2.05, 4.69) is 15.3 Å². The Labute approximate surface area is 164 Å². The van der Waals surface area contributed by atoms with Crippen molar-refractivity contribution < 1.29 is 9.59 Å². The summed E-state index contributed by atoms with van der Waals surface area (Å²) in [4.78, 5) is 34.0. The third-order valence-electron chi connectivity index (χ3n) is 4.40. The second-order valence-corrected chi connectivity index (χ2v) is 6.52. The standard InChI is InChI=1S/C22H22N4O2/c1-16(27)18-3-5-20(6-4-18)25-21-15-19(9-13-24-21)22(28)26(2)14-10-17-7-11-23-12-8-17/h3-9,11-13,15H,10,14H2,1-2H3,(H,24,25). The number of nitrogens with zero attached hydrogens (tertiary/aromatic N) is 3. The van der Waals surface area contributed by atoms with Gasteiger partial charge < -0.3 is 10.2 Å². The highest BCUT2D eigenvalue weighted by Gasteiger charge is 2.12. The monoisotopic (exact) mass is 374 g/mol. The molecule has 0 atom stereocenters. The molecule has 0 aliphatic carbocycles. The molecule has 6 nitrogen and oxygen atoms in total. The smallest absolute Gasteiger partial charge is 0.253 e. The summed E-state index contributed by atoms with van der Waals surface area (Å²) in [5, 5.41) is 3.16. The van der Waals surface area contributed by atoms with Crippen molar-refractivity contribution in [2.45, 2.75) is 13.3 Å². The summed E-state index contributed by atoms with van der Waals surface area (Å²) in [5.74, 6) is 0.530. The Bertz CT molecular complexity index is 956. The van der Waals surface area contributed by atoms with Gasteiger partial charge in [0.2, 0.25) is 0 Å². The highest BCUT2D eigenvalue weighted by Crippen LogP contribution is 2.17. The number of rotatable bonds is 7. The van der Waals surface area contributed by atoms with Crippen molar-refractivity contribution in [1.82, 2.24) is 14.9 Å². The van der Waals surface area contributed by atoms with E-state index < -0.39 is 0 Å². The summed E-state index contributed by atoms with van der Waals surface area (Å²) in [5.41, 5.74) is 3.15. The number of ketones is 1. The Hall–Kier alpha value is -3.54. The van der Waals surface area contributed by atoms with E-state index in [1.165, 1.54) is 6.92 Å². The summed E-state index contributed by atoms with van der Waals surface area (Å²) in [6.07, 6.45) is 5.88. The number of nitrogens with one attached hydrogen (secondary N) is 1. The Morgan fingerprint density at radius 3 is 2.36 bits per heavy atom. The highest BCUT2D eigenvalue weighted by atomic mass is 16.2. The van der Waals surface area contributed by atoms with Gasteiger partial charge in [-0.3, -0.25) is 14.6 Å². The second-order valence-electron chi connectivity index (χ2n) is 6.52. The van der Waals surface area contributed by atoms with Crippen LogP contribution >= 0.6 is 0 Å². The molecule has 0 fully saturated rings. The molecule has 0 aliphatic heterocycles. The molecule has 1 amide bonds. The first-order chi connectivity index (χ1) is 13.5. The molecule has 2 heterocycles. The predicted molar refractivity (Wildman–Crippen MR) is 109 cm³/mol. The number of benzene rings is 1. The number of amides is 1. The molecule has 28 heavy (non-hydrogen) atoms. The number of likely N-dealkylation sites (N-methyl/N-ethyl adjacent to an activating group) is 1. The summed E-state index contributed by atoms with van der Waals surface area (Å²) in [7, 11) is 1.79. The fourth-order valence-corrected chi connectivity index (χ4v) is 2.74. The van der Waals surface area contributed by atoms with Crippen molar-refractivity contribution in [3.63, 3.8) is 0 Å². The normalized spacial score (nSPS) is 10.4. The lowest BCUT2D eigenvalue weighted by molar-refractivity contribution is 0.0796. The van der Waals surface area contributed by atoms with Crippen LogP contribution in [0.1, 0.15) is 33.2 Å². The van der Waals surface area contributed by atoms with Crippen LogP contribution in [0.2, 0.25) is 0 Å². The average molecular weight is 374 g/mol. The SMILES string of the molecule is CC(=O)c1ccc(Nc2cc(C(=O)N(C)CCc3ccncc3)ccn2)cc1. The third-order valence-corrected chi connectivity index (χ3v) is 4.40. The zero-order valence-electron chi connectivity index (χ0n) is 15.9. The molecule has 6 heteroatoms. The van der Waals surface area contributed by atoms with Crippen molar-refractivity contribution >= 4 is 23.2 Å². The lowest BCUT2D eigenvalue weighted by atomic mass is 10.1. The fourth-order valence-electron chi connectivity index (χ4n) is 2.74. The number of carbonyl (C=O) groups is 2. The van der Waals surface area contributed by atoms with Gasteiger partial charge in [0.15, 0.2) is 5.78 Å². The van der Waals surface area contributed by atoms with E-state index in [0.29, 0.717) is 23.5 Å². The van der Waals surface area contributed by atoms with Crippen LogP contribution in [0.3, 0.4) is 0 Å². The molecule has 1 N–H and O–H groups in total. The van der Waals surface area contributed by atoms with Crippen molar-refractivity contribution in [1.29, 1.82) is 0 Å². The van der Waals surface area contributed by atoms with Crippen LogP contribution in [-0.2, 0) is 6.42 Å². The zero-order valence-corrected chi connectivity index (χ0v) is 15.9. The van der Waals surface area contributed by atoms with Gasteiger partial charge in [-0.2, -0.15) is 0 Å². The predicted octanol–water partition coefficient (Wildman–Crippen LogP) is 3.74. The Morgan fingerprint density at radius 2 is 1.68 bits per heavy atom. The maximum atomic E-state index is 12.7. The minimum Gasteiger partial charge on any atom is -0.341 e. The molecule has 0 unspecified atom stereocenters. The first-order valence-corrected chi connectivity index (χ1v) is 9.01. The lowest BCUT2D eigenvalue weighted by Gasteiger charge is -2.17. The summed E-state index contributed by atoms with van der Waals surface area (Å²) in [6, 6.07) is 14.5. The van der Waals surface area contributed by atoms with Crippen LogP contribution in [-0.4, -0.2) is 40.2 Å². The number of Topliss-reactive ketones (excluding diaryl/α,β-unsaturated/α-hetero) is 1. The quantitative estimate of drug-likeness (QED) is 0.638. The number of aromatic nitrogens is 2. The largest absolute Gasteiger partial charge is 0.341 e. The topological polar surface area (TPSA) is 75.2 Å². The van der Waals surface area contributed by atoms with Gasteiger partial charge in [-0.1, -0.05) is 0 Å². The zero-order chi connectivity index (χ0) is 19.9. The van der Waals surface area contributed by atoms with E-state index >= 15 is 0 Å². The first kappa shape index (κ1) is 19.2. The molecular weight excluding hydrogens is 352 g/mol. The lowest BCUT2D eigenvalue weighted by Crippen LogP contribution is -2.28. The van der Waals surface area contributed by atoms with E-state index in [0.717, 1.165) is 17.7 Å². The number of hydrogen-bond acceptors (Lipinski definition) is 5. The number of carbonyl (C=O) groups excluding carboxylic acids is 2. The van der Waals surface area contributed by atoms with Crippen molar-refractivity contribution in [3.05, 3.63) is 83.8 Å². The minimum atomic E-state index is -0.0635. The van der Waals surface area contributed by atoms with Crippen molar-refractivity contribution in [3.8, 4) is 0 Å². The third kappa shape index (κ3) is 5.01. The Morgan fingerprint density at radius 1 is 0.964 bits per heavy atom. The molecule has 3 rings (SSSR count). The van der Waals surface area contributed by atoms with E-state index in [-0.39, 0.29) is 11.7 Å². The summed E-state index contributed by atoms with van der Waals surface area (Å²) >= 11 is 0. The van der Waals surface area contributed by atoms with Gasteiger partial charge >= 0.3 is 0 Å². The fraction of sp³-hybridized carbons (Fsp3) is 0.182. The van der Waals surface area contributed by atoms with Crippen LogP contribution in [0.4, 0.5) is 11.5 Å². The van der Waals surface area contributed by atoms with Crippen LogP contribution in [0.15, 0.2) is 67.1 Å². The van der Waals surface area contributed by atoms with Gasteiger partial charge in [-0.05, 0) is 67.4 Å². The Balaban J connectivity index is 1.64. The molecule has 0 spiro atoms. The maximum Gasteiger partial charge on any atom is 0.253 e. The molecule has 0 aliphatic rings. The van der Waals surface area contributed by atoms with Gasteiger partial charge in [0, 0.05) is 49.0 Å². The van der Waals surface area contributed by atoms with Gasteiger partial charge in [0.1, 0.15) is 5.82 Å². The van der Waals surface area contributed by atoms with E-state index in [4.69, 9.17) is 0 Å². The van der Waals surface area contributed by atoms with Gasteiger partial charge in [0.05, 0.1) is 0 Å². The molecule has 0 saturated carbocycles. The number of pyridine rings is 2. The average Bonchev–Trinajstić information content (AvgIpc) is 2.73. The molecule has 2 aromatic heterocycles. The van der Waals surface area contributed by atoms with Crippen LogP contribution in [0.25, 0.3) is 0 Å². The number of hydrogen-bond donors (Lipinski definition) is 1. The Kier molecular flexibility index (Phi) is 6.11. The second kappa shape index (κ2) is 8.90. The van der Waals surface area contributed by atoms with E-state index in [1.807, 2.05) is 24.3 Å². The van der Waals surface area contributed by atoms with Gasteiger partial charge in [0.25, 0.3) is 5.91 Å². The van der Waals surface area contributed by atoms with Gasteiger partial charge in [-0.25, -0.2) is 4.98 Å². The molecule has 1 aromatic carbocycles. The molecule has 0 bridgehead atoms. The first-order valence-electron chi connectivity index (χ1n) is 9.01. The van der Waals surface area contributed by atoms with Crippen LogP contribution in [0.5, 0.6) is 0 Å². The minimum absolute atomic E-state index is 0.0204. The summed E-state index contributed by atoms with van der Waals surface area (Å²) in [6.45, 7) is 2.14. The maximum absolute atomic E-state index is 12.7. The molecule has 142 valence electrons. The molecule has 3 aromatic rings. The molecule has 0 radical (unpaired) electrons. The molecule has 0 saturated heterocycles.